The molecule has 0 aliphatic rings. The van der Waals surface area contributed by atoms with E-state index in [0.29, 0.717) is 18.3 Å². The Morgan fingerprint density at radius 1 is 0.821 bits per heavy atom. The number of nitrogens with one attached hydrogen (secondary N) is 2. The number of aryl methyl sites for hydroxylation is 1. The van der Waals surface area contributed by atoms with E-state index in [0.717, 1.165) is 37.8 Å². The highest BCUT2D eigenvalue weighted by atomic mass is 16.3. The fourth-order valence-corrected chi connectivity index (χ4v) is 5.08. The average Bonchev–Trinajstić information content (AvgIpc) is 2.94. The zero-order chi connectivity index (χ0) is 28.0. The molecule has 1 amide bonds. The van der Waals surface area contributed by atoms with Gasteiger partial charge in [-0.25, -0.2) is 0 Å². The Kier molecular flexibility index (Phi) is 12.6. The molecule has 0 fully saturated rings. The van der Waals surface area contributed by atoms with E-state index >= 15 is 0 Å². The maximum Gasteiger partial charge on any atom is 0.237 e. The Balaban J connectivity index is 1.64. The van der Waals surface area contributed by atoms with Crippen LogP contribution in [0.5, 0.6) is 5.75 Å². The molecule has 210 valence electrons. The highest BCUT2D eigenvalue weighted by molar-refractivity contribution is 5.82. The Labute approximate surface area is 236 Å². The molecule has 3 atom stereocenters. The first-order chi connectivity index (χ1) is 18.8. The summed E-state index contributed by atoms with van der Waals surface area (Å²) < 4.78 is 0. The number of hydrogen-bond donors (Lipinski definition) is 3. The van der Waals surface area contributed by atoms with Gasteiger partial charge in [-0.2, -0.15) is 0 Å². The molecule has 0 saturated heterocycles. The summed E-state index contributed by atoms with van der Waals surface area (Å²) in [5.41, 5.74) is 4.79. The first-order valence-corrected chi connectivity index (χ1v) is 14.8. The number of benzene rings is 3. The summed E-state index contributed by atoms with van der Waals surface area (Å²) in [4.78, 5) is 13.6. The third-order valence-electron chi connectivity index (χ3n) is 7.40. The van der Waals surface area contributed by atoms with Gasteiger partial charge in [0.1, 0.15) is 5.75 Å². The normalized spacial score (nSPS) is 13.7. The molecule has 0 saturated carbocycles. The van der Waals surface area contributed by atoms with Crippen LogP contribution in [0.15, 0.2) is 78.9 Å². The Morgan fingerprint density at radius 3 is 2.10 bits per heavy atom. The second-order valence-corrected chi connectivity index (χ2v) is 11.5. The second-order valence-electron chi connectivity index (χ2n) is 11.5. The maximum absolute atomic E-state index is 13.6. The monoisotopic (exact) mass is 528 g/mol. The van der Waals surface area contributed by atoms with Crippen molar-refractivity contribution in [3.63, 3.8) is 0 Å². The Morgan fingerprint density at radius 2 is 1.46 bits per heavy atom. The molecular weight excluding hydrogens is 480 g/mol. The lowest BCUT2D eigenvalue weighted by Gasteiger charge is -2.26. The van der Waals surface area contributed by atoms with Crippen molar-refractivity contribution in [3.05, 3.63) is 90.0 Å². The molecule has 0 aliphatic heterocycles. The SMILES string of the molecule is CCCC[C@H](C)CN[C@@H](Cc1ccc(O)cc1)C(=O)N[C@H](CCc1ccc(-c2ccccc2)cc1)CC(C)C. The molecule has 0 unspecified atom stereocenters. The van der Waals surface area contributed by atoms with E-state index in [2.05, 4.69) is 86.9 Å². The summed E-state index contributed by atoms with van der Waals surface area (Å²) in [6.07, 6.45) is 6.95. The van der Waals surface area contributed by atoms with Gasteiger partial charge in [-0.1, -0.05) is 107 Å². The third kappa shape index (κ3) is 10.9. The van der Waals surface area contributed by atoms with Gasteiger partial charge in [-0.05, 0) is 84.9 Å². The van der Waals surface area contributed by atoms with Gasteiger partial charge in [0, 0.05) is 6.04 Å². The van der Waals surface area contributed by atoms with Gasteiger partial charge < -0.3 is 15.7 Å². The summed E-state index contributed by atoms with van der Waals surface area (Å²) in [6.45, 7) is 9.72. The molecule has 0 heterocycles. The van der Waals surface area contributed by atoms with E-state index in [-0.39, 0.29) is 23.7 Å². The number of aromatic hydroxyl groups is 1. The van der Waals surface area contributed by atoms with Crippen LogP contribution < -0.4 is 10.6 Å². The molecule has 39 heavy (non-hydrogen) atoms. The molecule has 4 heteroatoms. The predicted molar refractivity (Wildman–Crippen MR) is 164 cm³/mol. The fourth-order valence-electron chi connectivity index (χ4n) is 5.08. The van der Waals surface area contributed by atoms with Gasteiger partial charge in [-0.3, -0.25) is 4.79 Å². The number of phenolic OH excluding ortho intramolecular Hbond substituents is 1. The smallest absolute Gasteiger partial charge is 0.237 e. The van der Waals surface area contributed by atoms with E-state index < -0.39 is 0 Å². The van der Waals surface area contributed by atoms with Crippen LogP contribution in [0.25, 0.3) is 11.1 Å². The minimum Gasteiger partial charge on any atom is -0.508 e. The lowest BCUT2D eigenvalue weighted by molar-refractivity contribution is -0.124. The average molecular weight is 529 g/mol. The summed E-state index contributed by atoms with van der Waals surface area (Å²) in [7, 11) is 0. The van der Waals surface area contributed by atoms with E-state index in [1.54, 1.807) is 12.1 Å². The van der Waals surface area contributed by atoms with Crippen molar-refractivity contribution >= 4 is 5.91 Å². The van der Waals surface area contributed by atoms with E-state index in [1.807, 2.05) is 18.2 Å². The predicted octanol–water partition coefficient (Wildman–Crippen LogP) is 7.55. The molecule has 0 bridgehead atoms. The van der Waals surface area contributed by atoms with Crippen LogP contribution in [0.3, 0.4) is 0 Å². The topological polar surface area (TPSA) is 61.4 Å². The molecule has 3 rings (SSSR count). The highest BCUT2D eigenvalue weighted by Crippen LogP contribution is 2.21. The van der Waals surface area contributed by atoms with Crippen molar-refractivity contribution in [1.29, 1.82) is 0 Å². The van der Waals surface area contributed by atoms with E-state index in [4.69, 9.17) is 0 Å². The van der Waals surface area contributed by atoms with Crippen molar-refractivity contribution in [2.75, 3.05) is 6.54 Å². The summed E-state index contributed by atoms with van der Waals surface area (Å²) in [6, 6.07) is 26.3. The number of carbonyl (C=O) groups excluding carboxylic acids is 1. The van der Waals surface area contributed by atoms with Crippen molar-refractivity contribution in [3.8, 4) is 16.9 Å². The summed E-state index contributed by atoms with van der Waals surface area (Å²) in [5, 5.41) is 16.7. The number of rotatable bonds is 16. The first kappa shape index (κ1) is 30.4. The molecule has 3 aromatic rings. The van der Waals surface area contributed by atoms with Crippen molar-refractivity contribution in [2.45, 2.75) is 84.7 Å². The van der Waals surface area contributed by atoms with Gasteiger partial charge >= 0.3 is 0 Å². The van der Waals surface area contributed by atoms with Gasteiger partial charge in [0.2, 0.25) is 5.91 Å². The van der Waals surface area contributed by atoms with Crippen LogP contribution in [-0.4, -0.2) is 29.6 Å². The number of unbranched alkanes of at least 4 members (excludes halogenated alkanes) is 1. The number of amides is 1. The minimum atomic E-state index is -0.307. The second kappa shape index (κ2) is 16.1. The van der Waals surface area contributed by atoms with Crippen LogP contribution in [0.1, 0.15) is 70.9 Å². The van der Waals surface area contributed by atoms with Crippen LogP contribution in [0, 0.1) is 11.8 Å². The van der Waals surface area contributed by atoms with Gasteiger partial charge in [0.15, 0.2) is 0 Å². The van der Waals surface area contributed by atoms with Gasteiger partial charge in [0.25, 0.3) is 0 Å². The van der Waals surface area contributed by atoms with Gasteiger partial charge in [-0.15, -0.1) is 0 Å². The first-order valence-electron chi connectivity index (χ1n) is 14.8. The Bertz CT molecular complexity index is 1090. The van der Waals surface area contributed by atoms with Crippen LogP contribution in [-0.2, 0) is 17.6 Å². The zero-order valence-corrected chi connectivity index (χ0v) is 24.3. The largest absolute Gasteiger partial charge is 0.508 e. The molecule has 0 aliphatic carbocycles. The maximum atomic E-state index is 13.6. The zero-order valence-electron chi connectivity index (χ0n) is 24.3. The van der Waals surface area contributed by atoms with Crippen molar-refractivity contribution in [1.82, 2.24) is 10.6 Å². The molecule has 0 radical (unpaired) electrons. The minimum absolute atomic E-state index is 0.0656. The highest BCUT2D eigenvalue weighted by Gasteiger charge is 2.23. The van der Waals surface area contributed by atoms with Crippen molar-refractivity contribution < 1.29 is 9.90 Å². The Hall–Kier alpha value is -3.11. The van der Waals surface area contributed by atoms with Crippen LogP contribution in [0.2, 0.25) is 0 Å². The molecule has 4 nitrogen and oxygen atoms in total. The van der Waals surface area contributed by atoms with E-state index in [9.17, 15) is 9.90 Å². The number of carbonyl (C=O) groups is 1. The molecule has 0 spiro atoms. The third-order valence-corrected chi connectivity index (χ3v) is 7.40. The van der Waals surface area contributed by atoms with Crippen molar-refractivity contribution in [2.24, 2.45) is 11.8 Å². The van der Waals surface area contributed by atoms with Crippen LogP contribution in [0.4, 0.5) is 0 Å². The van der Waals surface area contributed by atoms with Gasteiger partial charge in [0.05, 0.1) is 6.04 Å². The number of phenols is 1. The van der Waals surface area contributed by atoms with E-state index in [1.165, 1.54) is 29.5 Å². The molecule has 3 N–H and O–H groups in total. The quantitative estimate of drug-likeness (QED) is 0.180. The number of hydrogen-bond acceptors (Lipinski definition) is 3. The molecule has 3 aromatic carbocycles. The summed E-state index contributed by atoms with van der Waals surface area (Å²) >= 11 is 0. The molecule has 0 aromatic heterocycles. The lowest BCUT2D eigenvalue weighted by atomic mass is 9.95. The standard InChI is InChI=1S/C35H48N2O2/c1-5-6-10-27(4)25-36-34(24-29-16-21-33(38)22-17-29)35(39)37-32(23-26(2)3)20-15-28-13-18-31(19-14-28)30-11-8-7-9-12-30/h7-9,11-14,16-19,21-22,26-27,32,34,36,38H,5-6,10,15,20,23-25H2,1-4H3,(H,37,39)/t27-,32+,34-/m0/s1. The summed E-state index contributed by atoms with van der Waals surface area (Å²) in [5.74, 6) is 1.32. The van der Waals surface area contributed by atoms with Crippen LogP contribution >= 0.6 is 0 Å². The fraction of sp³-hybridized carbons (Fsp3) is 0.457. The molecular formula is C35H48N2O2. The lowest BCUT2D eigenvalue weighted by Crippen LogP contribution is -2.50.